The number of fused-ring (bicyclic) bond motifs is 1. The molecule has 0 unspecified atom stereocenters. The molecule has 266 valence electrons. The molecule has 16 heteroatoms. The molecule has 8 N–H and O–H groups in total. The van der Waals surface area contributed by atoms with Crippen LogP contribution in [0, 0.1) is 0 Å². The predicted octanol–water partition coefficient (Wildman–Crippen LogP) is 0.202. The number of benzene rings is 2. The van der Waals surface area contributed by atoms with Crippen LogP contribution in [0.4, 0.5) is 5.69 Å². The van der Waals surface area contributed by atoms with Gasteiger partial charge in [-0.15, -0.1) is 0 Å². The van der Waals surface area contributed by atoms with E-state index in [-0.39, 0.29) is 42.4 Å². The highest BCUT2D eigenvalue weighted by Gasteiger charge is 2.46. The maximum atomic E-state index is 12.3. The lowest BCUT2D eigenvalue weighted by atomic mass is 9.97. The van der Waals surface area contributed by atoms with Gasteiger partial charge in [-0.25, -0.2) is 14.4 Å². The van der Waals surface area contributed by atoms with Gasteiger partial charge in [0.05, 0.1) is 6.04 Å². The number of ketones is 1. The normalized spacial score (nSPS) is 27.0. The molecule has 3 aliphatic rings. The fourth-order valence-corrected chi connectivity index (χ4v) is 5.78. The third-order valence-electron chi connectivity index (χ3n) is 8.52. The Labute approximate surface area is 284 Å². The van der Waals surface area contributed by atoms with E-state index in [0.717, 1.165) is 6.08 Å². The Kier molecular flexibility index (Phi) is 10.8. The number of hydrogen-bond acceptors (Lipinski definition) is 14. The molecule has 1 saturated heterocycles. The van der Waals surface area contributed by atoms with E-state index >= 15 is 0 Å². The zero-order valence-electron chi connectivity index (χ0n) is 26.6. The van der Waals surface area contributed by atoms with E-state index in [0.29, 0.717) is 22.4 Å². The molecule has 0 spiro atoms. The molecule has 0 bridgehead atoms. The van der Waals surface area contributed by atoms with Gasteiger partial charge in [-0.1, -0.05) is 18.2 Å². The number of allylic oxidation sites excluding steroid dienone is 1. The number of rotatable bonds is 11. The molecule has 3 aliphatic heterocycles. The second kappa shape index (κ2) is 15.0. The first-order valence-electron chi connectivity index (χ1n) is 15.5. The summed E-state index contributed by atoms with van der Waals surface area (Å²) in [6.45, 7) is 0.742. The molecular weight excluding hydrogens is 660 g/mol. The van der Waals surface area contributed by atoms with Gasteiger partial charge < -0.3 is 60.2 Å². The minimum absolute atomic E-state index is 0.00237. The smallest absolute Gasteiger partial charge is 0.351 e. The number of Topliss-reactive ketones (excluding diaryl/α,β-unsaturated/α-hetero) is 1. The molecule has 2 aromatic carbocycles. The van der Waals surface area contributed by atoms with Crippen molar-refractivity contribution in [1.82, 2.24) is 5.32 Å². The van der Waals surface area contributed by atoms with Crippen LogP contribution in [0.15, 0.2) is 65.9 Å². The van der Waals surface area contributed by atoms with Crippen LogP contribution in [-0.4, -0.2) is 115 Å². The summed E-state index contributed by atoms with van der Waals surface area (Å²) in [6, 6.07) is 6.73. The molecule has 50 heavy (non-hydrogen) atoms. The monoisotopic (exact) mass is 696 g/mol. The molecule has 5 rings (SSSR count). The zero-order valence-corrected chi connectivity index (χ0v) is 26.6. The van der Waals surface area contributed by atoms with E-state index in [1.165, 1.54) is 48.2 Å². The Morgan fingerprint density at radius 2 is 1.72 bits per heavy atom. The Morgan fingerprint density at radius 1 is 1.00 bits per heavy atom. The SMILES string of the molecule is CC(=O)[C@@H]1C/C(=C/CN2c3cc(O[C@H]4O[C@@H](COC(=O)/C=C\c5ccc(O)cc5)[C@@H](O)[C@H](O)[C@H]4O)c(O)cc3C[C@H]2C(=O)O)C=C(C(=O)O)N1. The summed E-state index contributed by atoms with van der Waals surface area (Å²) in [5.74, 6) is -4.19. The molecule has 0 aliphatic carbocycles. The summed E-state index contributed by atoms with van der Waals surface area (Å²) in [4.78, 5) is 49.6. The number of nitrogens with one attached hydrogen (secondary N) is 1. The lowest BCUT2D eigenvalue weighted by molar-refractivity contribution is -0.278. The molecule has 1 fully saturated rings. The van der Waals surface area contributed by atoms with Gasteiger partial charge in [0, 0.05) is 30.8 Å². The molecule has 16 nitrogen and oxygen atoms in total. The van der Waals surface area contributed by atoms with Gasteiger partial charge in [-0.2, -0.15) is 0 Å². The summed E-state index contributed by atoms with van der Waals surface area (Å²) in [6.07, 6.45) is -2.71. The first-order chi connectivity index (χ1) is 23.7. The van der Waals surface area contributed by atoms with Crippen LogP contribution in [0.2, 0.25) is 0 Å². The third-order valence-corrected chi connectivity index (χ3v) is 8.52. The van der Waals surface area contributed by atoms with Crippen molar-refractivity contribution >= 4 is 35.5 Å². The molecule has 0 radical (unpaired) electrons. The molecule has 3 heterocycles. The fraction of sp³-hybridized carbons (Fsp3) is 0.353. The molecule has 2 aromatic rings. The Hall–Kier alpha value is -5.42. The largest absolute Gasteiger partial charge is 0.508 e. The topological polar surface area (TPSA) is 253 Å². The van der Waals surface area contributed by atoms with Gasteiger partial charge in [-0.05, 0) is 60.4 Å². The first-order valence-corrected chi connectivity index (χ1v) is 15.5. The van der Waals surface area contributed by atoms with Crippen molar-refractivity contribution in [2.24, 2.45) is 0 Å². The number of carboxylic acids is 2. The first kappa shape index (κ1) is 35.9. The Balaban J connectivity index is 1.32. The van der Waals surface area contributed by atoms with Crippen molar-refractivity contribution in [3.8, 4) is 17.2 Å². The van der Waals surface area contributed by atoms with E-state index in [9.17, 15) is 54.9 Å². The van der Waals surface area contributed by atoms with Gasteiger partial charge in [0.1, 0.15) is 48.5 Å². The molecule has 0 saturated carbocycles. The second-order valence-corrected chi connectivity index (χ2v) is 12.0. The number of hydrogen-bond donors (Lipinski definition) is 8. The minimum atomic E-state index is -1.82. The number of ether oxygens (including phenoxy) is 3. The second-order valence-electron chi connectivity index (χ2n) is 12.0. The predicted molar refractivity (Wildman–Crippen MR) is 172 cm³/mol. The van der Waals surface area contributed by atoms with E-state index in [1.807, 2.05) is 0 Å². The van der Waals surface area contributed by atoms with Crippen LogP contribution in [0.1, 0.15) is 24.5 Å². The van der Waals surface area contributed by atoms with E-state index in [2.05, 4.69) is 5.32 Å². The molecule has 7 atom stereocenters. The van der Waals surface area contributed by atoms with Crippen LogP contribution < -0.4 is 15.0 Å². The van der Waals surface area contributed by atoms with Crippen molar-refractivity contribution in [3.05, 3.63) is 77.0 Å². The van der Waals surface area contributed by atoms with Crippen LogP contribution in [0.5, 0.6) is 17.2 Å². The van der Waals surface area contributed by atoms with E-state index < -0.39 is 73.1 Å². The number of carbonyl (C=O) groups is 4. The number of aliphatic hydroxyl groups excluding tert-OH is 3. The number of aromatic hydroxyl groups is 2. The zero-order chi connectivity index (χ0) is 36.3. The highest BCUT2D eigenvalue weighted by molar-refractivity contribution is 5.90. The maximum Gasteiger partial charge on any atom is 0.351 e. The average Bonchev–Trinajstić information content (AvgIpc) is 3.43. The Bertz CT molecular complexity index is 1740. The number of esters is 1. The van der Waals surface area contributed by atoms with E-state index in [4.69, 9.17) is 14.2 Å². The van der Waals surface area contributed by atoms with Crippen molar-refractivity contribution < 1.29 is 69.1 Å². The van der Waals surface area contributed by atoms with Gasteiger partial charge in [0.25, 0.3) is 0 Å². The van der Waals surface area contributed by atoms with Crippen LogP contribution in [-0.2, 0) is 35.1 Å². The summed E-state index contributed by atoms with van der Waals surface area (Å²) in [5, 5.41) is 73.9. The highest BCUT2D eigenvalue weighted by Crippen LogP contribution is 2.42. The summed E-state index contributed by atoms with van der Waals surface area (Å²) >= 11 is 0. The van der Waals surface area contributed by atoms with Gasteiger partial charge in [-0.3, -0.25) is 4.79 Å². The number of aliphatic carboxylic acids is 2. The number of nitrogens with zero attached hydrogens (tertiary/aromatic N) is 1. The number of carboxylic acid groups (broad SMARTS) is 2. The lowest BCUT2D eigenvalue weighted by Gasteiger charge is -2.40. The number of aliphatic hydroxyl groups is 3. The molecule has 0 aromatic heterocycles. The van der Waals surface area contributed by atoms with Crippen LogP contribution >= 0.6 is 0 Å². The van der Waals surface area contributed by atoms with Crippen molar-refractivity contribution in [2.45, 2.75) is 62.6 Å². The summed E-state index contributed by atoms with van der Waals surface area (Å²) in [5.41, 5.74) is 1.68. The van der Waals surface area contributed by atoms with Crippen LogP contribution in [0.25, 0.3) is 6.08 Å². The maximum absolute atomic E-state index is 12.3. The summed E-state index contributed by atoms with van der Waals surface area (Å²) in [7, 11) is 0. The van der Waals surface area contributed by atoms with Gasteiger partial charge in [0.2, 0.25) is 6.29 Å². The van der Waals surface area contributed by atoms with Crippen molar-refractivity contribution in [2.75, 3.05) is 18.1 Å². The number of phenols is 2. The highest BCUT2D eigenvalue weighted by atomic mass is 16.7. The fourth-order valence-electron chi connectivity index (χ4n) is 5.78. The summed E-state index contributed by atoms with van der Waals surface area (Å²) < 4.78 is 16.5. The van der Waals surface area contributed by atoms with Crippen molar-refractivity contribution in [1.29, 1.82) is 0 Å². The number of anilines is 1. The van der Waals surface area contributed by atoms with E-state index in [1.54, 1.807) is 18.2 Å². The quantitative estimate of drug-likeness (QED) is 0.115. The minimum Gasteiger partial charge on any atom is -0.508 e. The average molecular weight is 697 g/mol. The molecule has 0 amide bonds. The van der Waals surface area contributed by atoms with Crippen molar-refractivity contribution in [3.63, 3.8) is 0 Å². The van der Waals surface area contributed by atoms with Gasteiger partial charge >= 0.3 is 17.9 Å². The Morgan fingerprint density at radius 3 is 2.38 bits per heavy atom. The van der Waals surface area contributed by atoms with Gasteiger partial charge in [0.15, 0.2) is 17.3 Å². The third kappa shape index (κ3) is 8.06. The number of carbonyl (C=O) groups excluding carboxylic acids is 2. The molecular formula is C34H36N2O14. The number of phenolic OH excluding ortho intramolecular Hbond substituents is 2. The lowest BCUT2D eigenvalue weighted by Crippen LogP contribution is -2.60. The standard InChI is InChI=1S/C34H36N2O14/c1-16(37)21-10-18(11-22(35-21)32(44)45)8-9-36-23-14-26(25(39)13-19(23)12-24(36)33(46)47)49-34-31(43)30(42)29(41)27(50-34)15-48-28(40)7-4-17-2-5-20(38)6-3-17/h2-8,11,13-14,21,24,27,29-31,34-35,38-39,41-43H,9-10,12,15H2,1H3,(H,44,45)(H,46,47)/b7-4-,18-8-/t21-,24-,27-,29+,30-,31+,34-/m0/s1. The van der Waals surface area contributed by atoms with Crippen LogP contribution in [0.3, 0.4) is 0 Å².